The van der Waals surface area contributed by atoms with Gasteiger partial charge in [0.2, 0.25) is 0 Å². The van der Waals surface area contributed by atoms with E-state index in [-0.39, 0.29) is 24.8 Å². The van der Waals surface area contributed by atoms with Gasteiger partial charge in [-0.25, -0.2) is 22.3 Å². The zero-order valence-corrected chi connectivity index (χ0v) is 37.1. The minimum absolute atomic E-state index is 0. The summed E-state index contributed by atoms with van der Waals surface area (Å²) in [7, 11) is 0. The van der Waals surface area contributed by atoms with Crippen molar-refractivity contribution in [3.8, 4) is 0 Å². The van der Waals surface area contributed by atoms with Gasteiger partial charge >= 0.3 is 56.9 Å². The van der Waals surface area contributed by atoms with Gasteiger partial charge in [0.15, 0.2) is 0 Å². The van der Waals surface area contributed by atoms with Crippen LogP contribution in [-0.4, -0.2) is 8.42 Å². The molecule has 4 aromatic rings. The summed E-state index contributed by atoms with van der Waals surface area (Å²) in [5.41, 5.74) is 16.4. The quantitative estimate of drug-likeness (QED) is 0.191. The van der Waals surface area contributed by atoms with E-state index < -0.39 is 0 Å². The molecule has 0 fully saturated rings. The second-order valence-electron chi connectivity index (χ2n) is 12.3. The van der Waals surface area contributed by atoms with Crippen molar-refractivity contribution in [3.05, 3.63) is 166 Å². The van der Waals surface area contributed by atoms with Crippen LogP contribution in [0.5, 0.6) is 0 Å². The molecule has 4 aromatic carbocycles. The minimum atomic E-state index is 0. The monoisotopic (exact) mass is 850 g/mol. The molecule has 0 amide bonds. The third kappa shape index (κ3) is 11.5. The molecule has 4 atom stereocenters. The molecule has 0 heterocycles. The normalized spacial score (nSPS) is 19.0. The van der Waals surface area contributed by atoms with Crippen molar-refractivity contribution >= 4 is 30.7 Å². The Morgan fingerprint density at radius 2 is 0.520 bits per heavy atom. The number of rotatable bonds is 0. The standard InChI is InChI=1S/4C11H11.2CH2.2ClH.2Zr/c4*1-8-7-9(2)11-6-4-3-5-10(8)11;;;;;;/h4*3-6,8H,1-2H3;2*1H2;2*1H;;/q4*-1;;;;;2*+2/p-2. The van der Waals surface area contributed by atoms with Crippen molar-refractivity contribution in [1.82, 2.24) is 0 Å². The number of halogens is 2. The fraction of sp³-hybridized carbons (Fsp3) is 0.261. The molecule has 0 nitrogen and oxygen atoms in total. The molecule has 0 saturated carbocycles. The van der Waals surface area contributed by atoms with Gasteiger partial charge in [0.25, 0.3) is 0 Å². The van der Waals surface area contributed by atoms with E-state index in [1.165, 1.54) is 115 Å². The van der Waals surface area contributed by atoms with Crippen LogP contribution in [0.4, 0.5) is 0 Å². The molecule has 256 valence electrons. The summed E-state index contributed by atoms with van der Waals surface area (Å²) in [5, 5.41) is 0. The van der Waals surface area contributed by atoms with Gasteiger partial charge in [-0.15, -0.1) is 46.5 Å². The molecule has 0 N–H and O–H groups in total. The molecule has 4 unspecified atom stereocenters. The maximum absolute atomic E-state index is 3.40. The molecule has 0 radical (unpaired) electrons. The van der Waals surface area contributed by atoms with Crippen molar-refractivity contribution in [2.45, 2.75) is 79.1 Å². The van der Waals surface area contributed by atoms with E-state index in [9.17, 15) is 0 Å². The predicted octanol–water partition coefficient (Wildman–Crippen LogP) is 5.98. The van der Waals surface area contributed by atoms with E-state index in [0.717, 1.165) is 0 Å². The Kier molecular flexibility index (Phi) is 20.9. The van der Waals surface area contributed by atoms with Gasteiger partial charge in [0.1, 0.15) is 0 Å². The Bertz CT molecular complexity index is 1550. The first kappa shape index (κ1) is 45.9. The Hall–Kier alpha value is -2.07. The first-order chi connectivity index (χ1) is 23.2. The van der Waals surface area contributed by atoms with Crippen LogP contribution in [0, 0.1) is 24.3 Å². The van der Waals surface area contributed by atoms with E-state index in [1.54, 1.807) is 0 Å². The zero-order chi connectivity index (χ0) is 35.4. The second-order valence-corrected chi connectivity index (χ2v) is 12.3. The number of hydrogen-bond acceptors (Lipinski definition) is 0. The number of hydrogen-bond donors (Lipinski definition) is 0. The minimum Gasteiger partial charge on any atom is -1.00 e. The molecule has 0 spiro atoms. The van der Waals surface area contributed by atoms with Gasteiger partial charge in [-0.2, -0.15) is 22.3 Å². The molecule has 0 saturated heterocycles. The van der Waals surface area contributed by atoms with Gasteiger partial charge in [0.05, 0.1) is 0 Å². The van der Waals surface area contributed by atoms with Crippen LogP contribution < -0.4 is 24.8 Å². The Morgan fingerprint density at radius 3 is 0.680 bits per heavy atom. The average molecular weight is 854 g/mol. The summed E-state index contributed by atoms with van der Waals surface area (Å²) in [6, 6.07) is 34.1. The zero-order valence-electron chi connectivity index (χ0n) is 30.7. The second kappa shape index (κ2) is 22.8. The number of fused-ring (bicyclic) bond motifs is 4. The van der Waals surface area contributed by atoms with E-state index in [4.69, 9.17) is 0 Å². The first-order valence-electron chi connectivity index (χ1n) is 16.6. The van der Waals surface area contributed by atoms with Crippen LogP contribution >= 0.6 is 0 Å². The van der Waals surface area contributed by atoms with Gasteiger partial charge in [-0.05, 0) is 0 Å². The number of benzene rings is 4. The summed E-state index contributed by atoms with van der Waals surface area (Å²) in [6.45, 7) is 17.3. The molecular weight excluding hydrogens is 806 g/mol. The molecule has 50 heavy (non-hydrogen) atoms. The molecular formula is C46H48Cl2Zr2-2. The van der Waals surface area contributed by atoms with Crippen molar-refractivity contribution < 1.29 is 73.3 Å². The third-order valence-corrected chi connectivity index (χ3v) is 9.06. The topological polar surface area (TPSA) is 0 Å². The fourth-order valence-electron chi connectivity index (χ4n) is 6.79. The summed E-state index contributed by atoms with van der Waals surface area (Å²) in [4.78, 5) is 0. The van der Waals surface area contributed by atoms with Crippen LogP contribution in [-0.2, 0) is 48.5 Å². The van der Waals surface area contributed by atoms with Crippen LogP contribution in [0.3, 0.4) is 0 Å². The summed E-state index contributed by atoms with van der Waals surface area (Å²) < 4.78 is 6.68. The van der Waals surface area contributed by atoms with Gasteiger partial charge in [-0.1, -0.05) is 152 Å². The molecule has 4 aliphatic carbocycles. The first-order valence-corrected chi connectivity index (χ1v) is 20.1. The van der Waals surface area contributed by atoms with Crippen LogP contribution in [0.15, 0.2) is 97.1 Å². The maximum Gasteiger partial charge on any atom is -1.00 e. The van der Waals surface area contributed by atoms with Gasteiger partial charge in [-0.3, -0.25) is 24.3 Å². The predicted molar refractivity (Wildman–Crippen MR) is 203 cm³/mol. The SMILES string of the molecule is CC1=[C-]C(C)c2ccccc21.CC1=[C-]C(C)c2ccccc21.CC1=[C-]C(C)c2ccccc21.CC1=[C-]C(C)c2ccccc21.[CH2]=[Zr+2].[CH2]=[Zr+2].[Cl-].[Cl-]. The van der Waals surface area contributed by atoms with Crippen LogP contribution in [0.1, 0.15) is 124 Å². The summed E-state index contributed by atoms with van der Waals surface area (Å²) >= 11 is 2.60. The van der Waals surface area contributed by atoms with E-state index in [0.29, 0.717) is 23.7 Å². The van der Waals surface area contributed by atoms with Crippen molar-refractivity contribution in [1.29, 1.82) is 0 Å². The Labute approximate surface area is 345 Å². The van der Waals surface area contributed by atoms with E-state index in [1.807, 2.05) is 0 Å². The molecule has 4 heteroatoms. The van der Waals surface area contributed by atoms with Crippen molar-refractivity contribution in [2.24, 2.45) is 0 Å². The fourth-order valence-corrected chi connectivity index (χ4v) is 6.79. The smallest absolute Gasteiger partial charge is 1.00 e. The van der Waals surface area contributed by atoms with Gasteiger partial charge < -0.3 is 24.8 Å². The third-order valence-electron chi connectivity index (χ3n) is 9.06. The van der Waals surface area contributed by atoms with Gasteiger partial charge in [0, 0.05) is 0 Å². The maximum atomic E-state index is 3.40. The van der Waals surface area contributed by atoms with Crippen molar-refractivity contribution in [2.75, 3.05) is 0 Å². The molecule has 0 bridgehead atoms. The molecule has 4 aliphatic rings. The van der Waals surface area contributed by atoms with E-state index in [2.05, 4.69) is 185 Å². The van der Waals surface area contributed by atoms with Crippen LogP contribution in [0.25, 0.3) is 22.3 Å². The van der Waals surface area contributed by atoms with Crippen LogP contribution in [0.2, 0.25) is 0 Å². The van der Waals surface area contributed by atoms with Crippen molar-refractivity contribution in [3.63, 3.8) is 0 Å². The molecule has 0 aromatic heterocycles. The van der Waals surface area contributed by atoms with E-state index >= 15 is 0 Å². The average Bonchev–Trinajstić information content (AvgIpc) is 3.80. The Morgan fingerprint density at radius 1 is 0.360 bits per heavy atom. The summed E-state index contributed by atoms with van der Waals surface area (Å²) in [6.07, 6.45) is 13.6. The summed E-state index contributed by atoms with van der Waals surface area (Å²) in [5.74, 6) is 1.97. The largest absolute Gasteiger partial charge is 1.00 e. The molecule has 8 rings (SSSR count). The number of allylic oxidation sites excluding steroid dienone is 8. The Balaban J connectivity index is 0.000000318. The molecule has 0 aliphatic heterocycles.